The molecule has 0 fully saturated rings. The molecule has 4 nitrogen and oxygen atoms in total. The predicted octanol–water partition coefficient (Wildman–Crippen LogP) is 3.18. The van der Waals surface area contributed by atoms with Gasteiger partial charge in [0, 0.05) is 22.2 Å². The fourth-order valence-electron chi connectivity index (χ4n) is 2.24. The highest BCUT2D eigenvalue weighted by Crippen LogP contribution is 2.29. The predicted molar refractivity (Wildman–Crippen MR) is 83.2 cm³/mol. The number of thiophene rings is 1. The van der Waals surface area contributed by atoms with Crippen LogP contribution in [0.2, 0.25) is 0 Å². The summed E-state index contributed by atoms with van der Waals surface area (Å²) in [6.07, 6.45) is 0.817. The number of aromatic nitrogens is 1. The van der Waals surface area contributed by atoms with Crippen LogP contribution in [0.15, 0.2) is 41.8 Å². The Labute approximate surface area is 121 Å². The molecule has 0 bridgehead atoms. The highest BCUT2D eigenvalue weighted by atomic mass is 32.1. The summed E-state index contributed by atoms with van der Waals surface area (Å²) in [4.78, 5) is 5.87. The number of fused-ring (bicyclic) bond motifs is 1. The number of pyridine rings is 1. The van der Waals surface area contributed by atoms with E-state index >= 15 is 0 Å². The van der Waals surface area contributed by atoms with Crippen molar-refractivity contribution in [1.82, 2.24) is 4.98 Å². The van der Waals surface area contributed by atoms with E-state index in [0.717, 1.165) is 28.6 Å². The van der Waals surface area contributed by atoms with E-state index in [-0.39, 0.29) is 0 Å². The maximum atomic E-state index is 5.61. The van der Waals surface area contributed by atoms with Crippen molar-refractivity contribution in [3.8, 4) is 5.75 Å². The summed E-state index contributed by atoms with van der Waals surface area (Å²) >= 11 is 1.73. The Kier molecular flexibility index (Phi) is 3.54. The van der Waals surface area contributed by atoms with Crippen LogP contribution < -0.4 is 16.0 Å². The number of nitrogens with two attached hydrogens (primary N) is 1. The van der Waals surface area contributed by atoms with Crippen molar-refractivity contribution in [2.75, 3.05) is 12.5 Å². The number of anilines is 1. The fraction of sp³-hybridized carbons (Fsp3) is 0.133. The van der Waals surface area contributed by atoms with Gasteiger partial charge in [0.25, 0.3) is 0 Å². The van der Waals surface area contributed by atoms with Crippen molar-refractivity contribution in [1.29, 1.82) is 0 Å². The van der Waals surface area contributed by atoms with Gasteiger partial charge in [0.15, 0.2) is 0 Å². The highest BCUT2D eigenvalue weighted by Gasteiger charge is 2.10. The smallest absolute Gasteiger partial charge is 0.145 e. The minimum Gasteiger partial charge on any atom is -0.494 e. The van der Waals surface area contributed by atoms with Gasteiger partial charge >= 0.3 is 0 Å². The van der Waals surface area contributed by atoms with Crippen molar-refractivity contribution >= 4 is 28.1 Å². The van der Waals surface area contributed by atoms with Crippen LogP contribution in [-0.2, 0) is 6.42 Å². The lowest BCUT2D eigenvalue weighted by atomic mass is 10.1. The van der Waals surface area contributed by atoms with Gasteiger partial charge in [0.1, 0.15) is 17.1 Å². The molecule has 3 aromatic rings. The summed E-state index contributed by atoms with van der Waals surface area (Å²) in [5.74, 6) is 7.05. The third-order valence-electron chi connectivity index (χ3n) is 3.19. The zero-order valence-corrected chi connectivity index (χ0v) is 11.9. The summed E-state index contributed by atoms with van der Waals surface area (Å²) in [5, 5.41) is 3.12. The van der Waals surface area contributed by atoms with Crippen molar-refractivity contribution in [2.45, 2.75) is 6.42 Å². The number of para-hydroxylation sites is 1. The first kappa shape index (κ1) is 12.9. The number of nitrogens with zero attached hydrogens (tertiary/aromatic N) is 1. The summed E-state index contributed by atoms with van der Waals surface area (Å²) in [6.45, 7) is 0. The van der Waals surface area contributed by atoms with Crippen molar-refractivity contribution < 1.29 is 4.74 Å². The summed E-state index contributed by atoms with van der Waals surface area (Å²) in [6, 6.07) is 12.2. The number of ether oxygens (including phenoxy) is 1. The van der Waals surface area contributed by atoms with Gasteiger partial charge in [-0.1, -0.05) is 18.2 Å². The fourth-order valence-corrected chi connectivity index (χ4v) is 2.97. The van der Waals surface area contributed by atoms with Gasteiger partial charge in [-0.2, -0.15) is 0 Å². The maximum absolute atomic E-state index is 5.61. The second kappa shape index (κ2) is 5.48. The van der Waals surface area contributed by atoms with Gasteiger partial charge < -0.3 is 10.2 Å². The Morgan fingerprint density at radius 1 is 1.30 bits per heavy atom. The third-order valence-corrected chi connectivity index (χ3v) is 4.07. The average Bonchev–Trinajstić information content (AvgIpc) is 2.98. The molecule has 1 aromatic carbocycles. The van der Waals surface area contributed by atoms with Crippen LogP contribution in [0, 0.1) is 0 Å². The molecule has 0 radical (unpaired) electrons. The number of hydrazine groups is 1. The molecule has 20 heavy (non-hydrogen) atoms. The normalized spacial score (nSPS) is 10.7. The molecule has 0 amide bonds. The van der Waals surface area contributed by atoms with Crippen molar-refractivity contribution in [2.24, 2.45) is 5.84 Å². The molecule has 0 aliphatic heterocycles. The lowest BCUT2D eigenvalue weighted by molar-refractivity contribution is 0.419. The number of benzene rings is 1. The topological polar surface area (TPSA) is 60.2 Å². The first-order valence-electron chi connectivity index (χ1n) is 6.27. The Morgan fingerprint density at radius 2 is 2.20 bits per heavy atom. The van der Waals surface area contributed by atoms with E-state index in [9.17, 15) is 0 Å². The molecule has 2 heterocycles. The number of rotatable bonds is 4. The zero-order chi connectivity index (χ0) is 13.9. The molecule has 0 atom stereocenters. The third kappa shape index (κ3) is 2.33. The standard InChI is InChI=1S/C15H15N3OS/c1-19-13-6-2-4-10-8-11(9-12-5-3-7-20-12)15(18-16)17-14(10)13/h2-8H,9,16H2,1H3,(H,17,18). The molecule has 0 aliphatic rings. The summed E-state index contributed by atoms with van der Waals surface area (Å²) < 4.78 is 5.34. The maximum Gasteiger partial charge on any atom is 0.145 e. The van der Waals surface area contributed by atoms with Gasteiger partial charge in [-0.15, -0.1) is 11.3 Å². The van der Waals surface area contributed by atoms with E-state index in [4.69, 9.17) is 10.6 Å². The monoisotopic (exact) mass is 285 g/mol. The number of hydrogen-bond acceptors (Lipinski definition) is 5. The molecule has 0 spiro atoms. The molecule has 3 rings (SSSR count). The second-order valence-corrected chi connectivity index (χ2v) is 5.46. The Balaban J connectivity index is 2.12. The van der Waals surface area contributed by atoms with Gasteiger partial charge in [-0.05, 0) is 23.6 Å². The quantitative estimate of drug-likeness (QED) is 0.571. The average molecular weight is 285 g/mol. The van der Waals surface area contributed by atoms with E-state index in [0.29, 0.717) is 5.82 Å². The molecule has 3 N–H and O–H groups in total. The SMILES string of the molecule is COc1cccc2cc(Cc3cccs3)c(NN)nc12. The van der Waals surface area contributed by atoms with Crippen LogP contribution in [0.25, 0.3) is 10.9 Å². The van der Waals surface area contributed by atoms with Gasteiger partial charge in [-0.25, -0.2) is 10.8 Å². The van der Waals surface area contributed by atoms with Crippen LogP contribution in [0.3, 0.4) is 0 Å². The first-order valence-corrected chi connectivity index (χ1v) is 7.15. The minimum absolute atomic E-state index is 0.690. The van der Waals surface area contributed by atoms with E-state index in [1.165, 1.54) is 4.88 Å². The molecular weight excluding hydrogens is 270 g/mol. The molecule has 0 saturated heterocycles. The van der Waals surface area contributed by atoms with Crippen molar-refractivity contribution in [3.05, 3.63) is 52.2 Å². The van der Waals surface area contributed by atoms with Crippen LogP contribution in [0.5, 0.6) is 5.75 Å². The van der Waals surface area contributed by atoms with Crippen LogP contribution in [-0.4, -0.2) is 12.1 Å². The molecule has 2 aromatic heterocycles. The summed E-state index contributed by atoms with van der Waals surface area (Å²) in [5.41, 5.74) is 4.59. The Hall–Kier alpha value is -2.11. The van der Waals surface area contributed by atoms with Crippen molar-refractivity contribution in [3.63, 3.8) is 0 Å². The first-order chi connectivity index (χ1) is 9.81. The number of hydrogen-bond donors (Lipinski definition) is 2. The van der Waals surface area contributed by atoms with Crippen LogP contribution in [0.4, 0.5) is 5.82 Å². The number of methoxy groups -OCH3 is 1. The molecular formula is C15H15N3OS. The molecule has 102 valence electrons. The van der Waals surface area contributed by atoms with E-state index in [1.807, 2.05) is 24.3 Å². The van der Waals surface area contributed by atoms with E-state index in [1.54, 1.807) is 18.4 Å². The van der Waals surface area contributed by atoms with Crippen LogP contribution >= 0.6 is 11.3 Å². The Morgan fingerprint density at radius 3 is 2.90 bits per heavy atom. The summed E-state index contributed by atoms with van der Waals surface area (Å²) in [7, 11) is 1.64. The molecule has 0 unspecified atom stereocenters. The lowest BCUT2D eigenvalue weighted by Gasteiger charge is -2.11. The van der Waals surface area contributed by atoms with E-state index < -0.39 is 0 Å². The second-order valence-electron chi connectivity index (χ2n) is 4.43. The van der Waals surface area contributed by atoms with Gasteiger partial charge in [-0.3, -0.25) is 0 Å². The highest BCUT2D eigenvalue weighted by molar-refractivity contribution is 7.09. The number of nitrogens with one attached hydrogen (secondary N) is 1. The lowest BCUT2D eigenvalue weighted by Crippen LogP contribution is -2.11. The zero-order valence-electron chi connectivity index (χ0n) is 11.1. The molecule has 5 heteroatoms. The molecule has 0 saturated carbocycles. The van der Waals surface area contributed by atoms with Gasteiger partial charge in [0.2, 0.25) is 0 Å². The van der Waals surface area contributed by atoms with E-state index in [2.05, 4.69) is 27.9 Å². The van der Waals surface area contributed by atoms with Crippen LogP contribution in [0.1, 0.15) is 10.4 Å². The molecule has 0 aliphatic carbocycles. The van der Waals surface area contributed by atoms with Gasteiger partial charge in [0.05, 0.1) is 7.11 Å². The minimum atomic E-state index is 0.690. The largest absolute Gasteiger partial charge is 0.494 e. The Bertz CT molecular complexity index is 725. The number of nitrogen functional groups attached to an aromatic ring is 1.